The Hall–Kier alpha value is -4.50. The van der Waals surface area contributed by atoms with Gasteiger partial charge in [0.15, 0.2) is 0 Å². The summed E-state index contributed by atoms with van der Waals surface area (Å²) in [4.78, 5) is 55.0. The van der Waals surface area contributed by atoms with Crippen molar-refractivity contribution >= 4 is 45.2 Å². The smallest absolute Gasteiger partial charge is 0.349 e. The molecule has 9 heteroatoms. The van der Waals surface area contributed by atoms with Gasteiger partial charge in [0.25, 0.3) is 17.7 Å². The van der Waals surface area contributed by atoms with Crippen molar-refractivity contribution in [2.45, 2.75) is 0 Å². The Kier molecular flexibility index (Phi) is 5.69. The first kappa shape index (κ1) is 22.9. The van der Waals surface area contributed by atoms with Crippen molar-refractivity contribution in [2.75, 3.05) is 44.3 Å². The molecular formula is C28H23N3O6. The number of para-hydroxylation sites is 1. The lowest BCUT2D eigenvalue weighted by Crippen LogP contribution is -2.45. The molecule has 1 fully saturated rings. The van der Waals surface area contributed by atoms with Crippen LogP contribution >= 0.6 is 0 Å². The SMILES string of the molecule is O=C(NCCN1C(=O)c2cccc3c(N4CCOCC4)ccc(c23)C1=O)c1cc2ccccc2oc1=O. The van der Waals surface area contributed by atoms with Gasteiger partial charge in [-0.2, -0.15) is 0 Å². The lowest BCUT2D eigenvalue weighted by atomic mass is 9.92. The lowest BCUT2D eigenvalue weighted by molar-refractivity contribution is 0.0607. The van der Waals surface area contributed by atoms with Crippen LogP contribution in [0.4, 0.5) is 5.69 Å². The van der Waals surface area contributed by atoms with E-state index in [1.807, 2.05) is 18.2 Å². The van der Waals surface area contributed by atoms with Gasteiger partial charge in [0, 0.05) is 59.2 Å². The fourth-order valence-corrected chi connectivity index (χ4v) is 5.01. The van der Waals surface area contributed by atoms with Gasteiger partial charge < -0.3 is 19.4 Å². The minimum absolute atomic E-state index is 0.0141. The van der Waals surface area contributed by atoms with Crippen molar-refractivity contribution in [3.8, 4) is 0 Å². The van der Waals surface area contributed by atoms with E-state index >= 15 is 0 Å². The fourth-order valence-electron chi connectivity index (χ4n) is 5.01. The number of anilines is 1. The first-order valence-corrected chi connectivity index (χ1v) is 12.1. The monoisotopic (exact) mass is 497 g/mol. The van der Waals surface area contributed by atoms with Gasteiger partial charge in [-0.3, -0.25) is 19.3 Å². The molecule has 0 radical (unpaired) electrons. The summed E-state index contributed by atoms with van der Waals surface area (Å²) < 4.78 is 10.7. The van der Waals surface area contributed by atoms with Gasteiger partial charge in [-0.15, -0.1) is 0 Å². The first-order chi connectivity index (χ1) is 18.0. The lowest BCUT2D eigenvalue weighted by Gasteiger charge is -2.32. The highest BCUT2D eigenvalue weighted by atomic mass is 16.5. The highest BCUT2D eigenvalue weighted by Crippen LogP contribution is 2.36. The van der Waals surface area contributed by atoms with E-state index in [1.54, 1.807) is 36.4 Å². The van der Waals surface area contributed by atoms with Crippen LogP contribution in [0, 0.1) is 0 Å². The summed E-state index contributed by atoms with van der Waals surface area (Å²) in [5.74, 6) is -1.46. The molecule has 1 aromatic heterocycles. The number of hydrogen-bond donors (Lipinski definition) is 1. The molecule has 0 atom stereocenters. The minimum atomic E-state index is -0.752. The van der Waals surface area contributed by atoms with Crippen LogP contribution in [0.25, 0.3) is 21.7 Å². The first-order valence-electron chi connectivity index (χ1n) is 12.1. The summed E-state index contributed by atoms with van der Waals surface area (Å²) in [7, 11) is 0. The Labute approximate surface area is 211 Å². The minimum Gasteiger partial charge on any atom is -0.422 e. The van der Waals surface area contributed by atoms with Crippen LogP contribution < -0.4 is 15.8 Å². The molecule has 2 aliphatic heterocycles. The van der Waals surface area contributed by atoms with Crippen LogP contribution in [0.3, 0.4) is 0 Å². The van der Waals surface area contributed by atoms with Gasteiger partial charge in [-0.1, -0.05) is 30.3 Å². The summed E-state index contributed by atoms with van der Waals surface area (Å²) in [6.45, 7) is 2.68. The van der Waals surface area contributed by atoms with Crippen LogP contribution in [-0.4, -0.2) is 62.0 Å². The van der Waals surface area contributed by atoms with Crippen LogP contribution in [0.15, 0.2) is 69.9 Å². The number of carbonyl (C=O) groups excluding carboxylic acids is 3. The summed E-state index contributed by atoms with van der Waals surface area (Å²) in [5.41, 5.74) is 1.36. The topological polar surface area (TPSA) is 109 Å². The van der Waals surface area contributed by atoms with E-state index in [2.05, 4.69) is 10.2 Å². The van der Waals surface area contributed by atoms with Gasteiger partial charge >= 0.3 is 5.63 Å². The van der Waals surface area contributed by atoms with E-state index in [0.717, 1.165) is 29.1 Å². The Morgan fingerprint density at radius 3 is 2.46 bits per heavy atom. The number of nitrogens with zero attached hydrogens (tertiary/aromatic N) is 2. The molecular weight excluding hydrogens is 474 g/mol. The van der Waals surface area contributed by atoms with E-state index in [9.17, 15) is 19.2 Å². The third kappa shape index (κ3) is 3.93. The molecule has 0 spiro atoms. The second-order valence-corrected chi connectivity index (χ2v) is 8.96. The highest BCUT2D eigenvalue weighted by Gasteiger charge is 2.33. The van der Waals surface area contributed by atoms with Crippen molar-refractivity contribution in [2.24, 2.45) is 0 Å². The second-order valence-electron chi connectivity index (χ2n) is 8.96. The Morgan fingerprint density at radius 1 is 0.892 bits per heavy atom. The van der Waals surface area contributed by atoms with E-state index in [1.165, 1.54) is 6.07 Å². The zero-order valence-corrected chi connectivity index (χ0v) is 19.9. The Morgan fingerprint density at radius 2 is 1.65 bits per heavy atom. The van der Waals surface area contributed by atoms with Gasteiger partial charge in [0.2, 0.25) is 0 Å². The number of ether oxygens (including phenoxy) is 1. The molecule has 3 amide bonds. The number of imide groups is 1. The number of benzene rings is 3. The molecule has 9 nitrogen and oxygen atoms in total. The molecule has 1 N–H and O–H groups in total. The van der Waals surface area contributed by atoms with Crippen molar-refractivity contribution in [1.29, 1.82) is 0 Å². The molecule has 0 bridgehead atoms. The summed E-state index contributed by atoms with van der Waals surface area (Å²) in [5, 5.41) is 4.76. The number of nitrogens with one attached hydrogen (secondary N) is 1. The molecule has 1 saturated heterocycles. The van der Waals surface area contributed by atoms with E-state index in [4.69, 9.17) is 9.15 Å². The maximum absolute atomic E-state index is 13.3. The molecule has 0 unspecified atom stereocenters. The van der Waals surface area contributed by atoms with Gasteiger partial charge in [-0.05, 0) is 30.3 Å². The number of morpholine rings is 1. The highest BCUT2D eigenvalue weighted by molar-refractivity contribution is 6.26. The normalized spacial score (nSPS) is 15.5. The molecule has 2 aliphatic rings. The fraction of sp³-hybridized carbons (Fsp3) is 0.214. The number of fused-ring (bicyclic) bond motifs is 1. The number of carbonyl (C=O) groups is 3. The van der Waals surface area contributed by atoms with Gasteiger partial charge in [-0.25, -0.2) is 4.79 Å². The van der Waals surface area contributed by atoms with E-state index in [0.29, 0.717) is 40.7 Å². The third-order valence-corrected chi connectivity index (χ3v) is 6.83. The average Bonchev–Trinajstić information content (AvgIpc) is 2.93. The quantitative estimate of drug-likeness (QED) is 0.334. The average molecular weight is 498 g/mol. The molecule has 186 valence electrons. The predicted octanol–water partition coefficient (Wildman–Crippen LogP) is 2.81. The third-order valence-electron chi connectivity index (χ3n) is 6.83. The molecule has 0 aliphatic carbocycles. The molecule has 3 heterocycles. The molecule has 6 rings (SSSR count). The van der Waals surface area contributed by atoms with Gasteiger partial charge in [0.05, 0.1) is 13.2 Å². The Balaban J connectivity index is 1.22. The molecule has 37 heavy (non-hydrogen) atoms. The predicted molar refractivity (Wildman–Crippen MR) is 137 cm³/mol. The summed E-state index contributed by atoms with van der Waals surface area (Å²) in [6, 6.07) is 17.5. The van der Waals surface area contributed by atoms with Crippen molar-refractivity contribution in [3.05, 3.63) is 87.8 Å². The Bertz CT molecular complexity index is 1610. The molecule has 3 aromatic carbocycles. The summed E-state index contributed by atoms with van der Waals surface area (Å²) in [6.07, 6.45) is 0. The largest absolute Gasteiger partial charge is 0.422 e. The zero-order valence-electron chi connectivity index (χ0n) is 19.9. The van der Waals surface area contributed by atoms with Crippen LogP contribution in [-0.2, 0) is 4.74 Å². The zero-order chi connectivity index (χ0) is 25.5. The van der Waals surface area contributed by atoms with E-state index < -0.39 is 23.3 Å². The number of rotatable bonds is 5. The standard InChI is InChI=1S/C28H23N3O6/c32-25(21-16-17-4-1-2-7-23(17)37-28(21)35)29-10-11-31-26(33)19-6-3-5-18-22(30-12-14-36-15-13-30)9-8-20(24(18)19)27(31)34/h1-9,16H,10-15H2,(H,29,32). The number of hydrogen-bond acceptors (Lipinski definition) is 7. The van der Waals surface area contributed by atoms with Crippen LogP contribution in [0.2, 0.25) is 0 Å². The van der Waals surface area contributed by atoms with Crippen molar-refractivity contribution in [3.63, 3.8) is 0 Å². The molecule has 0 saturated carbocycles. The molecule has 4 aromatic rings. The van der Waals surface area contributed by atoms with Crippen LogP contribution in [0.1, 0.15) is 31.1 Å². The van der Waals surface area contributed by atoms with Crippen molar-refractivity contribution in [1.82, 2.24) is 10.2 Å². The van der Waals surface area contributed by atoms with Crippen molar-refractivity contribution < 1.29 is 23.5 Å². The summed E-state index contributed by atoms with van der Waals surface area (Å²) >= 11 is 0. The second kappa shape index (κ2) is 9.18. The maximum atomic E-state index is 13.3. The van der Waals surface area contributed by atoms with Gasteiger partial charge in [0.1, 0.15) is 11.1 Å². The maximum Gasteiger partial charge on any atom is 0.349 e. The number of amides is 3. The van der Waals surface area contributed by atoms with Crippen LogP contribution in [0.5, 0.6) is 0 Å². The van der Waals surface area contributed by atoms with E-state index in [-0.39, 0.29) is 18.7 Å².